The topological polar surface area (TPSA) is 12.0 Å². The van der Waals surface area contributed by atoms with Crippen LogP contribution in [0.1, 0.15) is 37.7 Å². The molecule has 0 amide bonds. The molecule has 1 aromatic rings. The molecule has 0 saturated heterocycles. The maximum Gasteiger partial charge on any atom is 0.0595 e. The smallest absolute Gasteiger partial charge is 0.0595 e. The zero-order valence-corrected chi connectivity index (χ0v) is 12.4. The van der Waals surface area contributed by atoms with E-state index in [4.69, 9.17) is 23.2 Å². The van der Waals surface area contributed by atoms with Crippen molar-refractivity contribution in [3.05, 3.63) is 33.8 Å². The molecule has 0 aromatic heterocycles. The van der Waals surface area contributed by atoms with E-state index >= 15 is 0 Å². The lowest BCUT2D eigenvalue weighted by Crippen LogP contribution is -2.26. The molecule has 0 radical (unpaired) electrons. The Morgan fingerprint density at radius 3 is 2.67 bits per heavy atom. The van der Waals surface area contributed by atoms with Crippen molar-refractivity contribution in [1.29, 1.82) is 0 Å². The van der Waals surface area contributed by atoms with E-state index in [1.165, 1.54) is 37.7 Å². The van der Waals surface area contributed by atoms with Gasteiger partial charge in [-0.25, -0.2) is 0 Å². The van der Waals surface area contributed by atoms with Gasteiger partial charge >= 0.3 is 0 Å². The molecule has 2 atom stereocenters. The van der Waals surface area contributed by atoms with Gasteiger partial charge in [0.1, 0.15) is 0 Å². The van der Waals surface area contributed by atoms with E-state index in [0.717, 1.165) is 12.3 Å². The SMILES string of the molecule is CNC1CCCCC(Cc2ccc(Cl)c(Cl)c2)C1. The Labute approximate surface area is 120 Å². The van der Waals surface area contributed by atoms with E-state index in [1.807, 2.05) is 12.1 Å². The summed E-state index contributed by atoms with van der Waals surface area (Å²) in [5.41, 5.74) is 1.31. The minimum atomic E-state index is 0.648. The lowest BCUT2D eigenvalue weighted by Gasteiger charge is -2.19. The van der Waals surface area contributed by atoms with Crippen LogP contribution >= 0.6 is 23.2 Å². The fourth-order valence-electron chi connectivity index (χ4n) is 2.91. The largest absolute Gasteiger partial charge is 0.317 e. The number of hydrogen-bond acceptors (Lipinski definition) is 1. The Morgan fingerprint density at radius 2 is 1.94 bits per heavy atom. The number of nitrogens with one attached hydrogen (secondary N) is 1. The fourth-order valence-corrected chi connectivity index (χ4v) is 3.23. The van der Waals surface area contributed by atoms with E-state index in [0.29, 0.717) is 16.1 Å². The second kappa shape index (κ2) is 6.79. The van der Waals surface area contributed by atoms with E-state index in [1.54, 1.807) is 0 Å². The summed E-state index contributed by atoms with van der Waals surface area (Å²) < 4.78 is 0. The maximum atomic E-state index is 6.08. The zero-order valence-electron chi connectivity index (χ0n) is 10.9. The van der Waals surface area contributed by atoms with E-state index < -0.39 is 0 Å². The van der Waals surface area contributed by atoms with Crippen LogP contribution in [-0.2, 0) is 6.42 Å². The Bertz CT molecular complexity index is 392. The summed E-state index contributed by atoms with van der Waals surface area (Å²) in [6.07, 6.45) is 7.74. The van der Waals surface area contributed by atoms with Gasteiger partial charge in [0.25, 0.3) is 0 Å². The van der Waals surface area contributed by atoms with Crippen LogP contribution in [0.5, 0.6) is 0 Å². The third kappa shape index (κ3) is 3.88. The first-order valence-corrected chi connectivity index (χ1v) is 7.56. The number of benzene rings is 1. The van der Waals surface area contributed by atoms with Gasteiger partial charge in [0.15, 0.2) is 0 Å². The van der Waals surface area contributed by atoms with E-state index in [9.17, 15) is 0 Å². The summed E-state index contributed by atoms with van der Waals surface area (Å²) in [5, 5.41) is 4.75. The highest BCUT2D eigenvalue weighted by Gasteiger charge is 2.19. The van der Waals surface area contributed by atoms with Crippen LogP contribution in [0.2, 0.25) is 10.0 Å². The first-order valence-electron chi connectivity index (χ1n) is 6.80. The van der Waals surface area contributed by atoms with Gasteiger partial charge < -0.3 is 5.32 Å². The third-order valence-electron chi connectivity index (χ3n) is 3.95. The van der Waals surface area contributed by atoms with Crippen molar-refractivity contribution in [2.45, 2.75) is 44.6 Å². The Balaban J connectivity index is 2.00. The molecular formula is C15H21Cl2N. The number of hydrogen-bond donors (Lipinski definition) is 1. The Morgan fingerprint density at radius 1 is 1.17 bits per heavy atom. The molecule has 18 heavy (non-hydrogen) atoms. The van der Waals surface area contributed by atoms with Crippen LogP contribution in [-0.4, -0.2) is 13.1 Å². The summed E-state index contributed by atoms with van der Waals surface area (Å²) in [4.78, 5) is 0. The maximum absolute atomic E-state index is 6.08. The van der Waals surface area contributed by atoms with Crippen molar-refractivity contribution in [3.8, 4) is 0 Å². The zero-order chi connectivity index (χ0) is 13.0. The van der Waals surface area contributed by atoms with Gasteiger partial charge in [-0.15, -0.1) is 0 Å². The molecular weight excluding hydrogens is 265 g/mol. The molecule has 2 unspecified atom stereocenters. The van der Waals surface area contributed by atoms with Gasteiger partial charge in [-0.05, 0) is 49.9 Å². The van der Waals surface area contributed by atoms with Crippen LogP contribution in [0, 0.1) is 5.92 Å². The Kier molecular flexibility index (Phi) is 5.35. The molecule has 0 heterocycles. The van der Waals surface area contributed by atoms with E-state index in [2.05, 4.69) is 18.4 Å². The monoisotopic (exact) mass is 285 g/mol. The van der Waals surface area contributed by atoms with Crippen molar-refractivity contribution in [3.63, 3.8) is 0 Å². The Hall–Kier alpha value is -0.240. The van der Waals surface area contributed by atoms with E-state index in [-0.39, 0.29) is 0 Å². The van der Waals surface area contributed by atoms with Crippen LogP contribution in [0.15, 0.2) is 18.2 Å². The highest BCUT2D eigenvalue weighted by Crippen LogP contribution is 2.29. The van der Waals surface area contributed by atoms with Crippen LogP contribution in [0.25, 0.3) is 0 Å². The standard InChI is InChI=1S/C15H21Cl2N/c1-18-13-5-3-2-4-11(9-13)8-12-6-7-14(16)15(17)10-12/h6-7,10-11,13,18H,2-5,8-9H2,1H3. The molecule has 1 aliphatic carbocycles. The highest BCUT2D eigenvalue weighted by molar-refractivity contribution is 6.42. The van der Waals surface area contributed by atoms with Crippen LogP contribution in [0.3, 0.4) is 0 Å². The molecule has 100 valence electrons. The van der Waals surface area contributed by atoms with Gasteiger partial charge in [0.2, 0.25) is 0 Å². The minimum Gasteiger partial charge on any atom is -0.317 e. The molecule has 1 saturated carbocycles. The quantitative estimate of drug-likeness (QED) is 0.794. The van der Waals surface area contributed by atoms with Gasteiger partial charge in [0, 0.05) is 6.04 Å². The second-order valence-corrected chi connectivity index (χ2v) is 6.14. The predicted octanol–water partition coefficient (Wildman–Crippen LogP) is 4.70. The van der Waals surface area contributed by atoms with Crippen LogP contribution in [0.4, 0.5) is 0 Å². The molecule has 1 nitrogen and oxygen atoms in total. The summed E-state index contributed by atoms with van der Waals surface area (Å²) >= 11 is 12.0. The van der Waals surface area contributed by atoms with Crippen molar-refractivity contribution < 1.29 is 0 Å². The second-order valence-electron chi connectivity index (χ2n) is 5.32. The molecule has 0 bridgehead atoms. The summed E-state index contributed by atoms with van der Waals surface area (Å²) in [6, 6.07) is 6.71. The lowest BCUT2D eigenvalue weighted by atomic mass is 9.91. The van der Waals surface area contributed by atoms with Gasteiger partial charge in [-0.1, -0.05) is 48.5 Å². The summed E-state index contributed by atoms with van der Waals surface area (Å²) in [6.45, 7) is 0. The van der Waals surface area contributed by atoms with Crippen molar-refractivity contribution in [2.75, 3.05) is 7.05 Å². The van der Waals surface area contributed by atoms with Crippen molar-refractivity contribution in [1.82, 2.24) is 5.32 Å². The normalized spacial score (nSPS) is 24.8. The van der Waals surface area contributed by atoms with Gasteiger partial charge in [-0.3, -0.25) is 0 Å². The molecule has 0 aliphatic heterocycles. The molecule has 3 heteroatoms. The van der Waals surface area contributed by atoms with Gasteiger partial charge in [0.05, 0.1) is 10.0 Å². The highest BCUT2D eigenvalue weighted by atomic mass is 35.5. The average Bonchev–Trinajstić information content (AvgIpc) is 2.59. The lowest BCUT2D eigenvalue weighted by molar-refractivity contribution is 0.400. The first kappa shape index (κ1) is 14.2. The third-order valence-corrected chi connectivity index (χ3v) is 4.69. The van der Waals surface area contributed by atoms with Crippen LogP contribution < -0.4 is 5.32 Å². The summed E-state index contributed by atoms with van der Waals surface area (Å²) in [5.74, 6) is 0.766. The molecule has 1 fully saturated rings. The molecule has 2 rings (SSSR count). The van der Waals surface area contributed by atoms with Crippen molar-refractivity contribution >= 4 is 23.2 Å². The predicted molar refractivity (Wildman–Crippen MR) is 79.6 cm³/mol. The van der Waals surface area contributed by atoms with Crippen molar-refractivity contribution in [2.24, 2.45) is 5.92 Å². The molecule has 0 spiro atoms. The molecule has 1 N–H and O–H groups in total. The minimum absolute atomic E-state index is 0.648. The number of halogens is 2. The average molecular weight is 286 g/mol. The summed E-state index contributed by atoms with van der Waals surface area (Å²) in [7, 11) is 2.08. The molecule has 1 aliphatic rings. The van der Waals surface area contributed by atoms with Gasteiger partial charge in [-0.2, -0.15) is 0 Å². The fraction of sp³-hybridized carbons (Fsp3) is 0.600. The molecule has 1 aromatic carbocycles. The number of rotatable bonds is 3. The first-order chi connectivity index (χ1) is 8.69.